The number of rotatable bonds is 4. The highest BCUT2D eigenvalue weighted by Crippen LogP contribution is 2.25. The highest BCUT2D eigenvalue weighted by molar-refractivity contribution is 5.86. The summed E-state index contributed by atoms with van der Waals surface area (Å²) in [5.74, 6) is 0. The molecular formula is C19H20N2. The van der Waals surface area contributed by atoms with E-state index in [4.69, 9.17) is 0 Å². The van der Waals surface area contributed by atoms with E-state index in [0.717, 1.165) is 5.69 Å². The molecule has 3 aromatic rings. The van der Waals surface area contributed by atoms with Crippen LogP contribution in [0.4, 0.5) is 0 Å². The van der Waals surface area contributed by atoms with Crippen LogP contribution in [0.15, 0.2) is 66.9 Å². The van der Waals surface area contributed by atoms with Gasteiger partial charge in [-0.1, -0.05) is 48.5 Å². The third-order valence-corrected chi connectivity index (χ3v) is 3.92. The molecule has 2 aromatic carbocycles. The number of benzene rings is 2. The van der Waals surface area contributed by atoms with Gasteiger partial charge in [-0.25, -0.2) is 0 Å². The minimum Gasteiger partial charge on any atom is -0.302 e. The van der Waals surface area contributed by atoms with Gasteiger partial charge < -0.3 is 5.32 Å². The van der Waals surface area contributed by atoms with Gasteiger partial charge in [0.05, 0.1) is 5.69 Å². The van der Waals surface area contributed by atoms with E-state index in [1.54, 1.807) is 0 Å². The molecular weight excluding hydrogens is 256 g/mol. The van der Waals surface area contributed by atoms with E-state index in [-0.39, 0.29) is 12.1 Å². The smallest absolute Gasteiger partial charge is 0.0570 e. The molecule has 2 heteroatoms. The third-order valence-electron chi connectivity index (χ3n) is 3.92. The third kappa shape index (κ3) is 2.96. The zero-order valence-corrected chi connectivity index (χ0v) is 12.5. The molecule has 3 rings (SSSR count). The van der Waals surface area contributed by atoms with Crippen LogP contribution in [-0.4, -0.2) is 4.98 Å². The van der Waals surface area contributed by atoms with E-state index < -0.39 is 0 Å². The predicted molar refractivity (Wildman–Crippen MR) is 88.2 cm³/mol. The first-order chi connectivity index (χ1) is 10.3. The van der Waals surface area contributed by atoms with Crippen molar-refractivity contribution in [1.29, 1.82) is 0 Å². The zero-order chi connectivity index (χ0) is 14.7. The summed E-state index contributed by atoms with van der Waals surface area (Å²) in [5, 5.41) is 6.24. The lowest BCUT2D eigenvalue weighted by Crippen LogP contribution is -2.23. The van der Waals surface area contributed by atoms with Crippen molar-refractivity contribution in [3.05, 3.63) is 78.1 Å². The lowest BCUT2D eigenvalue weighted by atomic mass is 9.99. The molecule has 0 amide bonds. The lowest BCUT2D eigenvalue weighted by molar-refractivity contribution is 0.488. The molecule has 2 atom stereocenters. The molecule has 0 spiro atoms. The summed E-state index contributed by atoms with van der Waals surface area (Å²) in [6.45, 7) is 4.37. The Morgan fingerprint density at radius 1 is 0.810 bits per heavy atom. The maximum absolute atomic E-state index is 4.43. The molecule has 0 bridgehead atoms. The van der Waals surface area contributed by atoms with Crippen LogP contribution in [0.3, 0.4) is 0 Å². The molecule has 0 fully saturated rings. The predicted octanol–water partition coefficient (Wildman–Crippen LogP) is 4.65. The van der Waals surface area contributed by atoms with Gasteiger partial charge in [-0.3, -0.25) is 4.98 Å². The first kappa shape index (κ1) is 13.8. The summed E-state index contributed by atoms with van der Waals surface area (Å²) in [7, 11) is 0. The monoisotopic (exact) mass is 276 g/mol. The van der Waals surface area contributed by atoms with E-state index in [1.165, 1.54) is 16.3 Å². The Bertz CT molecular complexity index is 716. The number of nitrogens with one attached hydrogen (secondary N) is 1. The molecule has 1 aromatic heterocycles. The van der Waals surface area contributed by atoms with Crippen LogP contribution in [-0.2, 0) is 0 Å². The molecule has 2 unspecified atom stereocenters. The van der Waals surface area contributed by atoms with Crippen LogP contribution in [0.2, 0.25) is 0 Å². The molecule has 1 N–H and O–H groups in total. The Labute approximate surface area is 125 Å². The number of hydrogen-bond acceptors (Lipinski definition) is 2. The van der Waals surface area contributed by atoms with Crippen molar-refractivity contribution in [3.8, 4) is 0 Å². The molecule has 0 radical (unpaired) electrons. The maximum atomic E-state index is 4.43. The van der Waals surface area contributed by atoms with Crippen molar-refractivity contribution in [2.75, 3.05) is 0 Å². The minimum absolute atomic E-state index is 0.222. The van der Waals surface area contributed by atoms with E-state index in [2.05, 4.69) is 72.7 Å². The van der Waals surface area contributed by atoms with Crippen LogP contribution in [0.1, 0.15) is 37.2 Å². The van der Waals surface area contributed by atoms with Crippen molar-refractivity contribution in [2.45, 2.75) is 25.9 Å². The van der Waals surface area contributed by atoms with Crippen LogP contribution < -0.4 is 5.32 Å². The van der Waals surface area contributed by atoms with Gasteiger partial charge in [-0.15, -0.1) is 0 Å². The van der Waals surface area contributed by atoms with Crippen LogP contribution >= 0.6 is 0 Å². The van der Waals surface area contributed by atoms with Crippen LogP contribution in [0.5, 0.6) is 0 Å². The maximum Gasteiger partial charge on any atom is 0.0570 e. The number of fused-ring (bicyclic) bond motifs is 1. The van der Waals surface area contributed by atoms with Gasteiger partial charge in [0, 0.05) is 18.3 Å². The van der Waals surface area contributed by atoms with E-state index in [1.807, 2.05) is 18.3 Å². The quantitative estimate of drug-likeness (QED) is 0.750. The molecule has 2 nitrogen and oxygen atoms in total. The summed E-state index contributed by atoms with van der Waals surface area (Å²) in [5.41, 5.74) is 2.40. The van der Waals surface area contributed by atoms with Gasteiger partial charge in [0.1, 0.15) is 0 Å². The fourth-order valence-corrected chi connectivity index (χ4v) is 2.81. The molecule has 21 heavy (non-hydrogen) atoms. The summed E-state index contributed by atoms with van der Waals surface area (Å²) in [4.78, 5) is 4.43. The van der Waals surface area contributed by atoms with E-state index in [0.29, 0.717) is 0 Å². The molecule has 0 saturated heterocycles. The number of hydrogen-bond donors (Lipinski definition) is 1. The largest absolute Gasteiger partial charge is 0.302 e. The second-order valence-electron chi connectivity index (χ2n) is 5.43. The SMILES string of the molecule is CC(NC(C)c1cccc2ccccc12)c1ccccn1. The van der Waals surface area contributed by atoms with Gasteiger partial charge in [0.25, 0.3) is 0 Å². The highest BCUT2D eigenvalue weighted by atomic mass is 15.0. The Balaban J connectivity index is 1.86. The molecule has 106 valence electrons. The summed E-state index contributed by atoms with van der Waals surface area (Å²) >= 11 is 0. The zero-order valence-electron chi connectivity index (χ0n) is 12.5. The van der Waals surface area contributed by atoms with Crippen molar-refractivity contribution in [1.82, 2.24) is 10.3 Å². The summed E-state index contributed by atoms with van der Waals surface area (Å²) in [6.07, 6.45) is 1.84. The van der Waals surface area contributed by atoms with Crippen molar-refractivity contribution < 1.29 is 0 Å². The van der Waals surface area contributed by atoms with Gasteiger partial charge in [0.15, 0.2) is 0 Å². The average molecular weight is 276 g/mol. The Kier molecular flexibility index (Phi) is 3.98. The fourth-order valence-electron chi connectivity index (χ4n) is 2.81. The standard InChI is InChI=1S/C19H20N2/c1-14(21-15(2)19-12-5-6-13-20-19)17-11-7-9-16-8-3-4-10-18(16)17/h3-15,21H,1-2H3. The first-order valence-electron chi connectivity index (χ1n) is 7.40. The molecule has 0 aliphatic carbocycles. The number of pyridine rings is 1. The van der Waals surface area contributed by atoms with Crippen LogP contribution in [0.25, 0.3) is 10.8 Å². The Hall–Kier alpha value is -2.19. The normalized spacial score (nSPS) is 14.0. The highest BCUT2D eigenvalue weighted by Gasteiger charge is 2.13. The topological polar surface area (TPSA) is 24.9 Å². The summed E-state index contributed by atoms with van der Waals surface area (Å²) in [6, 6.07) is 21.6. The minimum atomic E-state index is 0.222. The molecule has 0 saturated carbocycles. The second-order valence-corrected chi connectivity index (χ2v) is 5.43. The van der Waals surface area contributed by atoms with Gasteiger partial charge >= 0.3 is 0 Å². The van der Waals surface area contributed by atoms with E-state index >= 15 is 0 Å². The fraction of sp³-hybridized carbons (Fsp3) is 0.211. The van der Waals surface area contributed by atoms with Crippen molar-refractivity contribution in [3.63, 3.8) is 0 Å². The van der Waals surface area contributed by atoms with Gasteiger partial charge in [0.2, 0.25) is 0 Å². The Morgan fingerprint density at radius 3 is 2.38 bits per heavy atom. The Morgan fingerprint density at radius 2 is 1.57 bits per heavy atom. The lowest BCUT2D eigenvalue weighted by Gasteiger charge is -2.21. The van der Waals surface area contributed by atoms with E-state index in [9.17, 15) is 0 Å². The first-order valence-corrected chi connectivity index (χ1v) is 7.40. The van der Waals surface area contributed by atoms with Crippen molar-refractivity contribution in [2.24, 2.45) is 0 Å². The molecule has 0 aliphatic heterocycles. The number of nitrogens with zero attached hydrogens (tertiary/aromatic N) is 1. The van der Waals surface area contributed by atoms with Gasteiger partial charge in [-0.2, -0.15) is 0 Å². The average Bonchev–Trinajstić information content (AvgIpc) is 2.55. The number of aromatic nitrogens is 1. The summed E-state index contributed by atoms with van der Waals surface area (Å²) < 4.78 is 0. The van der Waals surface area contributed by atoms with Crippen LogP contribution in [0, 0.1) is 0 Å². The second kappa shape index (κ2) is 6.06. The van der Waals surface area contributed by atoms with Crippen molar-refractivity contribution >= 4 is 10.8 Å². The molecule has 1 heterocycles. The molecule has 0 aliphatic rings. The van der Waals surface area contributed by atoms with Gasteiger partial charge in [-0.05, 0) is 42.3 Å².